The van der Waals surface area contributed by atoms with Crippen molar-refractivity contribution in [3.05, 3.63) is 28.7 Å². The number of hydrogen-bond donors (Lipinski definition) is 1. The molecule has 1 saturated heterocycles. The maximum absolute atomic E-state index is 12.3. The van der Waals surface area contributed by atoms with E-state index in [0.29, 0.717) is 19.3 Å². The van der Waals surface area contributed by atoms with Gasteiger partial charge < -0.3 is 10.2 Å². The summed E-state index contributed by atoms with van der Waals surface area (Å²) in [5.41, 5.74) is 4.73. The Morgan fingerprint density at radius 1 is 1.31 bits per heavy atom. The van der Waals surface area contributed by atoms with Gasteiger partial charge in [-0.1, -0.05) is 13.8 Å². The first-order chi connectivity index (χ1) is 13.8. The summed E-state index contributed by atoms with van der Waals surface area (Å²) >= 11 is 0. The van der Waals surface area contributed by atoms with E-state index in [1.807, 2.05) is 43.2 Å². The van der Waals surface area contributed by atoms with Crippen LogP contribution < -0.4 is 5.32 Å². The molecule has 0 radical (unpaired) electrons. The van der Waals surface area contributed by atoms with Crippen molar-refractivity contribution >= 4 is 17.5 Å². The van der Waals surface area contributed by atoms with E-state index in [-0.39, 0.29) is 23.9 Å². The number of rotatable bonds is 7. The van der Waals surface area contributed by atoms with E-state index in [1.165, 1.54) is 0 Å². The standard InChI is InChI=1S/C22H33N5O2/c1-6-14(3)23-21(28)11-10-17-15(4)24-20-13-18(25-27(20)16(17)5)19-9-8-12-26(19)22(29)7-2/h13-14,19H,6-12H2,1-5H3,(H,23,28). The number of hydrogen-bond acceptors (Lipinski definition) is 4. The molecule has 1 aliphatic rings. The zero-order chi connectivity index (χ0) is 21.1. The molecule has 0 bridgehead atoms. The number of fused-ring (bicyclic) bond motifs is 1. The third kappa shape index (κ3) is 4.43. The van der Waals surface area contributed by atoms with Gasteiger partial charge in [-0.2, -0.15) is 5.10 Å². The molecule has 7 heteroatoms. The van der Waals surface area contributed by atoms with Crippen LogP contribution in [-0.2, 0) is 16.0 Å². The van der Waals surface area contributed by atoms with Gasteiger partial charge >= 0.3 is 0 Å². The molecule has 2 aromatic rings. The molecular weight excluding hydrogens is 366 g/mol. The van der Waals surface area contributed by atoms with Crippen LogP contribution in [0.1, 0.15) is 81.6 Å². The summed E-state index contributed by atoms with van der Waals surface area (Å²) < 4.78 is 1.87. The fraction of sp³-hybridized carbons (Fsp3) is 0.636. The van der Waals surface area contributed by atoms with E-state index in [0.717, 1.165) is 54.1 Å². The lowest BCUT2D eigenvalue weighted by molar-refractivity contribution is -0.131. The summed E-state index contributed by atoms with van der Waals surface area (Å²) in [6.45, 7) is 10.8. The molecule has 3 rings (SSSR count). The van der Waals surface area contributed by atoms with Gasteiger partial charge in [0.05, 0.1) is 11.7 Å². The Balaban J connectivity index is 1.84. The van der Waals surface area contributed by atoms with Gasteiger partial charge in [0.1, 0.15) is 0 Å². The normalized spacial score (nSPS) is 17.7. The summed E-state index contributed by atoms with van der Waals surface area (Å²) in [6.07, 6.45) is 4.47. The summed E-state index contributed by atoms with van der Waals surface area (Å²) in [4.78, 5) is 31.1. The molecule has 1 N–H and O–H groups in total. The number of carbonyl (C=O) groups is 2. The Morgan fingerprint density at radius 2 is 2.07 bits per heavy atom. The highest BCUT2D eigenvalue weighted by Gasteiger charge is 2.31. The van der Waals surface area contributed by atoms with Crippen molar-refractivity contribution in [2.75, 3.05) is 6.54 Å². The van der Waals surface area contributed by atoms with Gasteiger partial charge in [0.15, 0.2) is 5.65 Å². The second-order valence-electron chi connectivity index (χ2n) is 8.08. The molecule has 2 atom stereocenters. The number of aromatic nitrogens is 3. The molecule has 158 valence electrons. The van der Waals surface area contributed by atoms with Crippen molar-refractivity contribution in [2.24, 2.45) is 0 Å². The minimum atomic E-state index is 0.0358. The zero-order valence-corrected chi connectivity index (χ0v) is 18.3. The van der Waals surface area contributed by atoms with E-state index in [2.05, 4.69) is 12.2 Å². The number of aryl methyl sites for hydroxylation is 2. The van der Waals surface area contributed by atoms with Crippen LogP contribution in [0.2, 0.25) is 0 Å². The molecule has 7 nitrogen and oxygen atoms in total. The molecular formula is C22H33N5O2. The fourth-order valence-corrected chi connectivity index (χ4v) is 4.13. The average molecular weight is 400 g/mol. The minimum absolute atomic E-state index is 0.0358. The second-order valence-corrected chi connectivity index (χ2v) is 8.08. The fourth-order valence-electron chi connectivity index (χ4n) is 4.13. The lowest BCUT2D eigenvalue weighted by Crippen LogP contribution is -2.32. The summed E-state index contributed by atoms with van der Waals surface area (Å²) in [7, 11) is 0. The van der Waals surface area contributed by atoms with Gasteiger partial charge in [-0.25, -0.2) is 9.50 Å². The van der Waals surface area contributed by atoms with Gasteiger partial charge in [-0.05, 0) is 52.0 Å². The van der Waals surface area contributed by atoms with Crippen LogP contribution in [0.25, 0.3) is 5.65 Å². The third-order valence-corrected chi connectivity index (χ3v) is 6.02. The first-order valence-electron chi connectivity index (χ1n) is 10.8. The molecule has 2 amide bonds. The largest absolute Gasteiger partial charge is 0.354 e. The molecule has 0 aromatic carbocycles. The number of nitrogens with one attached hydrogen (secondary N) is 1. The van der Waals surface area contributed by atoms with Gasteiger partial charge in [-0.3, -0.25) is 9.59 Å². The van der Waals surface area contributed by atoms with Crippen LogP contribution in [0.15, 0.2) is 6.07 Å². The van der Waals surface area contributed by atoms with E-state index in [9.17, 15) is 9.59 Å². The van der Waals surface area contributed by atoms with Gasteiger partial charge in [0.2, 0.25) is 11.8 Å². The molecule has 1 fully saturated rings. The molecule has 3 heterocycles. The maximum atomic E-state index is 12.3. The summed E-state index contributed by atoms with van der Waals surface area (Å²) in [5.74, 6) is 0.248. The predicted octanol–water partition coefficient (Wildman–Crippen LogP) is 3.27. The molecule has 0 spiro atoms. The van der Waals surface area contributed by atoms with Crippen LogP contribution in [0.4, 0.5) is 0 Å². The Bertz CT molecular complexity index is 904. The topological polar surface area (TPSA) is 79.6 Å². The first-order valence-corrected chi connectivity index (χ1v) is 10.8. The van der Waals surface area contributed by atoms with Gasteiger partial charge in [0.25, 0.3) is 0 Å². The lowest BCUT2D eigenvalue weighted by atomic mass is 10.1. The molecule has 0 aliphatic carbocycles. The van der Waals surface area contributed by atoms with E-state index < -0.39 is 0 Å². The molecule has 0 saturated carbocycles. The van der Waals surface area contributed by atoms with Crippen molar-refractivity contribution in [3.63, 3.8) is 0 Å². The quantitative estimate of drug-likeness (QED) is 0.775. The van der Waals surface area contributed by atoms with Crippen LogP contribution in [-0.4, -0.2) is 43.9 Å². The molecule has 2 aromatic heterocycles. The minimum Gasteiger partial charge on any atom is -0.354 e. The van der Waals surface area contributed by atoms with Crippen LogP contribution >= 0.6 is 0 Å². The van der Waals surface area contributed by atoms with Crippen molar-refractivity contribution in [1.29, 1.82) is 0 Å². The van der Waals surface area contributed by atoms with Crippen molar-refractivity contribution in [3.8, 4) is 0 Å². The highest BCUT2D eigenvalue weighted by Crippen LogP contribution is 2.32. The lowest BCUT2D eigenvalue weighted by Gasteiger charge is -2.22. The molecule has 29 heavy (non-hydrogen) atoms. The number of carbonyl (C=O) groups excluding carboxylic acids is 2. The molecule has 2 unspecified atom stereocenters. The van der Waals surface area contributed by atoms with Crippen LogP contribution in [0, 0.1) is 13.8 Å². The van der Waals surface area contributed by atoms with E-state index in [1.54, 1.807) is 0 Å². The zero-order valence-electron chi connectivity index (χ0n) is 18.3. The number of amides is 2. The smallest absolute Gasteiger partial charge is 0.222 e. The van der Waals surface area contributed by atoms with Crippen LogP contribution in [0.3, 0.4) is 0 Å². The Morgan fingerprint density at radius 3 is 2.76 bits per heavy atom. The van der Waals surface area contributed by atoms with E-state index in [4.69, 9.17) is 10.1 Å². The Labute approximate surface area is 172 Å². The average Bonchev–Trinajstić information content (AvgIpc) is 3.33. The Hall–Kier alpha value is -2.44. The highest BCUT2D eigenvalue weighted by atomic mass is 16.2. The van der Waals surface area contributed by atoms with Crippen molar-refractivity contribution in [2.45, 2.75) is 85.2 Å². The SMILES string of the molecule is CCC(=O)N1CCCC1c1cc2nc(C)c(CCC(=O)NC(C)CC)c(C)n2n1. The van der Waals surface area contributed by atoms with Gasteiger partial charge in [-0.15, -0.1) is 0 Å². The van der Waals surface area contributed by atoms with Crippen molar-refractivity contribution in [1.82, 2.24) is 24.8 Å². The first kappa shape index (κ1) is 21.3. The highest BCUT2D eigenvalue weighted by molar-refractivity contribution is 5.77. The summed E-state index contributed by atoms with van der Waals surface area (Å²) in [6, 6.07) is 2.23. The predicted molar refractivity (Wildman–Crippen MR) is 113 cm³/mol. The monoisotopic (exact) mass is 399 g/mol. The summed E-state index contributed by atoms with van der Waals surface area (Å²) in [5, 5.41) is 7.83. The van der Waals surface area contributed by atoms with Crippen LogP contribution in [0.5, 0.6) is 0 Å². The second kappa shape index (κ2) is 8.93. The number of likely N-dealkylation sites (tertiary alicyclic amines) is 1. The third-order valence-electron chi connectivity index (χ3n) is 6.02. The number of nitrogens with zero attached hydrogens (tertiary/aromatic N) is 4. The molecule has 1 aliphatic heterocycles. The Kier molecular flexibility index (Phi) is 6.55. The van der Waals surface area contributed by atoms with Gasteiger partial charge in [0, 0.05) is 42.9 Å². The maximum Gasteiger partial charge on any atom is 0.222 e. The van der Waals surface area contributed by atoms with Crippen molar-refractivity contribution < 1.29 is 9.59 Å². The van der Waals surface area contributed by atoms with E-state index >= 15 is 0 Å².